The largest absolute Gasteiger partial charge is 0.495 e. The van der Waals surface area contributed by atoms with Gasteiger partial charge in [-0.2, -0.15) is 0 Å². The van der Waals surface area contributed by atoms with E-state index in [1.807, 2.05) is 19.9 Å². The van der Waals surface area contributed by atoms with Crippen molar-refractivity contribution in [3.8, 4) is 5.75 Å². The molecule has 1 amide bonds. The van der Waals surface area contributed by atoms with Crippen molar-refractivity contribution in [3.63, 3.8) is 0 Å². The highest BCUT2D eigenvalue weighted by atomic mass is 35.5. The Morgan fingerprint density at radius 2 is 2.09 bits per heavy atom. The lowest BCUT2D eigenvalue weighted by atomic mass is 10.2. The molecule has 0 saturated carbocycles. The number of methoxy groups -OCH3 is 1. The van der Waals surface area contributed by atoms with Crippen LogP contribution in [0.15, 0.2) is 12.1 Å². The van der Waals surface area contributed by atoms with Gasteiger partial charge in [-0.1, -0.05) is 35.6 Å². The van der Waals surface area contributed by atoms with Gasteiger partial charge in [0.25, 0.3) is 0 Å². The smallest absolute Gasteiger partial charge is 0.237 e. The van der Waals surface area contributed by atoms with Crippen LogP contribution < -0.4 is 10.1 Å². The molecule has 0 aliphatic carbocycles. The molecule has 1 aromatic carbocycles. The van der Waals surface area contributed by atoms with Gasteiger partial charge < -0.3 is 15.0 Å². The molecule has 126 valence electrons. The van der Waals surface area contributed by atoms with E-state index in [9.17, 15) is 4.79 Å². The summed E-state index contributed by atoms with van der Waals surface area (Å²) in [5, 5.41) is 3.24. The molecule has 0 aromatic heterocycles. The van der Waals surface area contributed by atoms with Crippen LogP contribution >= 0.6 is 35.6 Å². The van der Waals surface area contributed by atoms with Crippen molar-refractivity contribution in [1.82, 2.24) is 4.90 Å². The fourth-order valence-electron chi connectivity index (χ4n) is 2.34. The Hall–Kier alpha value is -0.980. The fraction of sp³-hybridized carbons (Fsp3) is 0.500. The van der Waals surface area contributed by atoms with Crippen LogP contribution in [0, 0.1) is 6.92 Å². The van der Waals surface area contributed by atoms with Crippen molar-refractivity contribution in [1.29, 1.82) is 0 Å². The van der Waals surface area contributed by atoms with Crippen LogP contribution in [0.1, 0.15) is 25.3 Å². The van der Waals surface area contributed by atoms with E-state index < -0.39 is 0 Å². The van der Waals surface area contributed by atoms with E-state index >= 15 is 0 Å². The highest BCUT2D eigenvalue weighted by Gasteiger charge is 2.22. The standard InChI is InChI=1S/C16H21ClN2O2S2/c1-10-8-13(14(21-3)9-12(10)17)18-15(20)11(2)23-16(22)19-6-4-5-7-19/h8-9,11H,4-7H2,1-3H3,(H,18,20)/t11-/m0/s1. The zero-order chi connectivity index (χ0) is 17.0. The zero-order valence-electron chi connectivity index (χ0n) is 13.5. The van der Waals surface area contributed by atoms with Gasteiger partial charge in [-0.15, -0.1) is 0 Å². The summed E-state index contributed by atoms with van der Waals surface area (Å²) in [5.74, 6) is 0.449. The Morgan fingerprint density at radius 1 is 1.43 bits per heavy atom. The average molecular weight is 373 g/mol. The molecule has 0 bridgehead atoms. The van der Waals surface area contributed by atoms with Crippen LogP contribution in [-0.2, 0) is 4.79 Å². The van der Waals surface area contributed by atoms with Crippen LogP contribution in [0.25, 0.3) is 0 Å². The van der Waals surface area contributed by atoms with Crippen molar-refractivity contribution in [3.05, 3.63) is 22.7 Å². The van der Waals surface area contributed by atoms with Crippen molar-refractivity contribution >= 4 is 51.5 Å². The molecule has 1 N–H and O–H groups in total. The predicted octanol–water partition coefficient (Wildman–Crippen LogP) is 4.10. The number of thioether (sulfide) groups is 1. The average Bonchev–Trinajstić information content (AvgIpc) is 3.04. The molecule has 1 saturated heterocycles. The molecule has 1 aliphatic rings. The molecule has 7 heteroatoms. The fourth-order valence-corrected chi connectivity index (χ4v) is 3.91. The maximum Gasteiger partial charge on any atom is 0.237 e. The molecule has 0 unspecified atom stereocenters. The van der Waals surface area contributed by atoms with Crippen LogP contribution in [-0.4, -0.2) is 40.6 Å². The number of carbonyl (C=O) groups is 1. The van der Waals surface area contributed by atoms with E-state index in [-0.39, 0.29) is 11.2 Å². The first-order valence-corrected chi connectivity index (χ1v) is 9.19. The van der Waals surface area contributed by atoms with E-state index in [0.29, 0.717) is 16.5 Å². The van der Waals surface area contributed by atoms with E-state index in [2.05, 4.69) is 10.2 Å². The van der Waals surface area contributed by atoms with Gasteiger partial charge in [0.2, 0.25) is 5.91 Å². The van der Waals surface area contributed by atoms with Crippen molar-refractivity contribution in [2.45, 2.75) is 31.9 Å². The second-order valence-electron chi connectivity index (χ2n) is 5.51. The first-order chi connectivity index (χ1) is 10.9. The second kappa shape index (κ2) is 8.22. The van der Waals surface area contributed by atoms with E-state index in [1.165, 1.54) is 24.6 Å². The third-order valence-corrected chi connectivity index (χ3v) is 5.73. The van der Waals surface area contributed by atoms with Crippen molar-refractivity contribution in [2.24, 2.45) is 0 Å². The van der Waals surface area contributed by atoms with Crippen LogP contribution in [0.5, 0.6) is 5.75 Å². The molecule has 23 heavy (non-hydrogen) atoms. The number of rotatable bonds is 4. The van der Waals surface area contributed by atoms with Gasteiger partial charge in [0, 0.05) is 24.2 Å². The Balaban J connectivity index is 2.00. The van der Waals surface area contributed by atoms with Crippen LogP contribution in [0.2, 0.25) is 5.02 Å². The first kappa shape index (κ1) is 18.4. The minimum Gasteiger partial charge on any atom is -0.495 e. The predicted molar refractivity (Wildman–Crippen MR) is 102 cm³/mol. The number of hydrogen-bond donors (Lipinski definition) is 1. The number of ether oxygens (including phenoxy) is 1. The van der Waals surface area contributed by atoms with E-state index in [4.69, 9.17) is 28.6 Å². The number of thiocarbonyl (C=S) groups is 1. The summed E-state index contributed by atoms with van der Waals surface area (Å²) in [7, 11) is 1.55. The maximum atomic E-state index is 12.4. The monoisotopic (exact) mass is 372 g/mol. The first-order valence-electron chi connectivity index (χ1n) is 7.53. The normalized spacial score (nSPS) is 15.4. The molecule has 0 spiro atoms. The van der Waals surface area contributed by atoms with Gasteiger partial charge in [-0.05, 0) is 38.3 Å². The summed E-state index contributed by atoms with van der Waals surface area (Å²) in [4.78, 5) is 14.6. The quantitative estimate of drug-likeness (QED) is 0.806. The van der Waals surface area contributed by atoms with E-state index in [1.54, 1.807) is 13.2 Å². The molecule has 2 rings (SSSR count). The van der Waals surface area contributed by atoms with Gasteiger partial charge in [0.1, 0.15) is 10.1 Å². The summed E-state index contributed by atoms with van der Waals surface area (Å²) < 4.78 is 6.08. The Labute approximate surface area is 151 Å². The van der Waals surface area contributed by atoms with Gasteiger partial charge in [-0.3, -0.25) is 4.79 Å². The van der Waals surface area contributed by atoms with Crippen LogP contribution in [0.3, 0.4) is 0 Å². The Morgan fingerprint density at radius 3 is 2.70 bits per heavy atom. The molecule has 0 radical (unpaired) electrons. The van der Waals surface area contributed by atoms with Crippen molar-refractivity contribution < 1.29 is 9.53 Å². The number of halogens is 1. The summed E-state index contributed by atoms with van der Waals surface area (Å²) in [5.41, 5.74) is 1.51. The molecule has 1 fully saturated rings. The van der Waals surface area contributed by atoms with Crippen molar-refractivity contribution in [2.75, 3.05) is 25.5 Å². The molecular formula is C16H21ClN2O2S2. The van der Waals surface area contributed by atoms with Gasteiger partial charge in [0.15, 0.2) is 0 Å². The van der Waals surface area contributed by atoms with Crippen LogP contribution in [0.4, 0.5) is 5.69 Å². The molecule has 1 atom stereocenters. The Kier molecular flexibility index (Phi) is 6.56. The number of anilines is 1. The summed E-state index contributed by atoms with van der Waals surface area (Å²) in [6.45, 7) is 5.73. The SMILES string of the molecule is COc1cc(Cl)c(C)cc1NC(=O)[C@H](C)SC(=S)N1CCCC1. The number of nitrogens with zero attached hydrogens (tertiary/aromatic N) is 1. The van der Waals surface area contributed by atoms with Gasteiger partial charge in [-0.25, -0.2) is 0 Å². The minimum absolute atomic E-state index is 0.100. The third kappa shape index (κ3) is 4.75. The number of carbonyl (C=O) groups excluding carboxylic acids is 1. The number of benzene rings is 1. The lowest BCUT2D eigenvalue weighted by Gasteiger charge is -2.21. The third-order valence-electron chi connectivity index (χ3n) is 3.75. The number of likely N-dealkylation sites (tertiary alicyclic amines) is 1. The van der Waals surface area contributed by atoms with E-state index in [0.717, 1.165) is 23.0 Å². The van der Waals surface area contributed by atoms with Gasteiger partial charge >= 0.3 is 0 Å². The molecule has 4 nitrogen and oxygen atoms in total. The zero-order valence-corrected chi connectivity index (χ0v) is 15.9. The minimum atomic E-state index is -0.274. The lowest BCUT2D eigenvalue weighted by molar-refractivity contribution is -0.115. The number of nitrogens with one attached hydrogen (secondary N) is 1. The highest BCUT2D eigenvalue weighted by Crippen LogP contribution is 2.31. The summed E-state index contributed by atoms with van der Waals surface area (Å²) in [6, 6.07) is 3.52. The summed E-state index contributed by atoms with van der Waals surface area (Å²) >= 11 is 12.9. The lowest BCUT2D eigenvalue weighted by Crippen LogP contribution is -2.29. The second-order valence-corrected chi connectivity index (χ2v) is 7.89. The number of hydrogen-bond acceptors (Lipinski definition) is 4. The highest BCUT2D eigenvalue weighted by molar-refractivity contribution is 8.23. The summed E-state index contributed by atoms with van der Waals surface area (Å²) in [6.07, 6.45) is 2.34. The molecule has 1 aromatic rings. The number of amides is 1. The molecule has 1 heterocycles. The number of aryl methyl sites for hydroxylation is 1. The molecule has 1 aliphatic heterocycles. The Bertz CT molecular complexity index is 604. The molecular weight excluding hydrogens is 352 g/mol. The maximum absolute atomic E-state index is 12.4. The topological polar surface area (TPSA) is 41.6 Å². The van der Waals surface area contributed by atoms with Gasteiger partial charge in [0.05, 0.1) is 18.0 Å².